The Kier molecular flexibility index (Phi) is 5.25. The van der Waals surface area contributed by atoms with Crippen molar-refractivity contribution in [1.82, 2.24) is 4.57 Å². The maximum atomic E-state index is 13.6. The van der Waals surface area contributed by atoms with Crippen molar-refractivity contribution < 1.29 is 8.42 Å². The van der Waals surface area contributed by atoms with Crippen LogP contribution in [0.5, 0.6) is 0 Å². The van der Waals surface area contributed by atoms with Gasteiger partial charge in [-0.05, 0) is 43.0 Å². The lowest BCUT2D eigenvalue weighted by Crippen LogP contribution is -2.35. The van der Waals surface area contributed by atoms with Crippen LogP contribution < -0.4 is 10.0 Å². The molecule has 0 spiro atoms. The van der Waals surface area contributed by atoms with Crippen LogP contribution in [0.4, 0.5) is 5.69 Å². The predicted octanol–water partition coefficient (Wildman–Crippen LogP) is 3.51. The van der Waals surface area contributed by atoms with Gasteiger partial charge in [-0.2, -0.15) is 0 Å². The van der Waals surface area contributed by atoms with Crippen LogP contribution in [-0.4, -0.2) is 19.5 Å². The summed E-state index contributed by atoms with van der Waals surface area (Å²) in [7, 11) is -1.74. The van der Waals surface area contributed by atoms with Crippen LogP contribution in [0.1, 0.15) is 23.2 Å². The number of aryl methyl sites for hydroxylation is 2. The first-order valence-corrected chi connectivity index (χ1v) is 10.3. The quantitative estimate of drug-likeness (QED) is 0.724. The van der Waals surface area contributed by atoms with Crippen molar-refractivity contribution in [1.29, 1.82) is 0 Å². The molecule has 0 amide bonds. The number of hydrogen-bond acceptors (Lipinski definition) is 3. The summed E-state index contributed by atoms with van der Waals surface area (Å²) in [6, 6.07) is 13.5. The van der Waals surface area contributed by atoms with Crippen LogP contribution in [0.15, 0.2) is 47.4 Å². The largest absolute Gasteiger partial charge is 0.347 e. The molecule has 1 aromatic heterocycles. The highest BCUT2D eigenvalue weighted by atomic mass is 35.5. The average molecular weight is 406 g/mol. The molecule has 144 valence electrons. The maximum absolute atomic E-state index is 13.6. The van der Waals surface area contributed by atoms with Gasteiger partial charge in [-0.15, -0.1) is 12.4 Å². The first-order chi connectivity index (χ1) is 12.4. The van der Waals surface area contributed by atoms with E-state index in [1.165, 1.54) is 0 Å². The zero-order valence-corrected chi connectivity index (χ0v) is 17.1. The van der Waals surface area contributed by atoms with Gasteiger partial charge in [0.05, 0.1) is 5.69 Å². The van der Waals surface area contributed by atoms with E-state index in [1.54, 1.807) is 4.31 Å². The molecule has 0 unspecified atom stereocenters. The van der Waals surface area contributed by atoms with Crippen molar-refractivity contribution in [2.75, 3.05) is 10.8 Å². The Bertz CT molecular complexity index is 1110. The molecule has 27 heavy (non-hydrogen) atoms. The van der Waals surface area contributed by atoms with Gasteiger partial charge in [-0.3, -0.25) is 4.31 Å². The summed E-state index contributed by atoms with van der Waals surface area (Å²) >= 11 is 0. The molecule has 0 aliphatic carbocycles. The summed E-state index contributed by atoms with van der Waals surface area (Å²) in [6.07, 6.45) is 1.69. The van der Waals surface area contributed by atoms with E-state index in [4.69, 9.17) is 5.73 Å². The number of fused-ring (bicyclic) bond motifs is 2. The lowest BCUT2D eigenvalue weighted by atomic mass is 10.0. The Morgan fingerprint density at radius 3 is 2.63 bits per heavy atom. The number of nitrogens with two attached hydrogens (primary N) is 1. The van der Waals surface area contributed by atoms with Gasteiger partial charge in [0.1, 0.15) is 4.90 Å². The summed E-state index contributed by atoms with van der Waals surface area (Å²) in [5.41, 5.74) is 10.3. The number of aromatic nitrogens is 1. The Hall–Kier alpha value is -2.02. The average Bonchev–Trinajstić information content (AvgIpc) is 2.92. The van der Waals surface area contributed by atoms with Crippen LogP contribution in [0.3, 0.4) is 0 Å². The van der Waals surface area contributed by atoms with E-state index >= 15 is 0 Å². The van der Waals surface area contributed by atoms with E-state index in [0.717, 1.165) is 46.3 Å². The molecule has 0 bridgehead atoms. The number of anilines is 1. The Morgan fingerprint density at radius 1 is 1.15 bits per heavy atom. The minimum absolute atomic E-state index is 0. The van der Waals surface area contributed by atoms with Gasteiger partial charge in [0.25, 0.3) is 10.0 Å². The van der Waals surface area contributed by atoms with E-state index in [9.17, 15) is 8.42 Å². The molecule has 1 aliphatic heterocycles. The van der Waals surface area contributed by atoms with Crippen LogP contribution in [-0.2, 0) is 30.0 Å². The van der Waals surface area contributed by atoms with Gasteiger partial charge in [-0.1, -0.05) is 30.3 Å². The number of sulfonamides is 1. The molecule has 3 aromatic rings. The third-order valence-corrected chi connectivity index (χ3v) is 7.34. The monoisotopic (exact) mass is 405 g/mol. The fraction of sp³-hybridized carbons (Fsp3) is 0.300. The number of rotatable bonds is 3. The number of halogens is 1. The topological polar surface area (TPSA) is 68.3 Å². The molecule has 0 fully saturated rings. The lowest BCUT2D eigenvalue weighted by Gasteiger charge is -2.31. The van der Waals surface area contributed by atoms with Gasteiger partial charge < -0.3 is 10.3 Å². The van der Waals surface area contributed by atoms with Crippen molar-refractivity contribution in [3.8, 4) is 0 Å². The molecule has 1 aliphatic rings. The number of hydrogen-bond donors (Lipinski definition) is 1. The molecule has 0 atom stereocenters. The molecule has 0 saturated heterocycles. The van der Waals surface area contributed by atoms with E-state index in [0.29, 0.717) is 18.0 Å². The molecular weight excluding hydrogens is 382 g/mol. The Morgan fingerprint density at radius 2 is 1.89 bits per heavy atom. The number of benzene rings is 2. The van der Waals surface area contributed by atoms with Crippen molar-refractivity contribution in [3.05, 3.63) is 59.3 Å². The molecule has 7 heteroatoms. The summed E-state index contributed by atoms with van der Waals surface area (Å²) < 4.78 is 30.8. The third kappa shape index (κ3) is 3.02. The van der Waals surface area contributed by atoms with Crippen molar-refractivity contribution in [2.24, 2.45) is 12.8 Å². The number of para-hydroxylation sites is 1. The van der Waals surface area contributed by atoms with Gasteiger partial charge in [0.2, 0.25) is 0 Å². The third-order valence-electron chi connectivity index (χ3n) is 5.35. The fourth-order valence-corrected chi connectivity index (χ4v) is 5.90. The molecule has 2 N–H and O–H groups in total. The van der Waals surface area contributed by atoms with Gasteiger partial charge >= 0.3 is 0 Å². The molecule has 0 saturated carbocycles. The van der Waals surface area contributed by atoms with Crippen molar-refractivity contribution in [3.63, 3.8) is 0 Å². The molecule has 2 heterocycles. The highest BCUT2D eigenvalue weighted by Gasteiger charge is 2.33. The predicted molar refractivity (Wildman–Crippen MR) is 112 cm³/mol. The van der Waals surface area contributed by atoms with Crippen LogP contribution in [0.2, 0.25) is 0 Å². The van der Waals surface area contributed by atoms with Crippen LogP contribution >= 0.6 is 12.4 Å². The zero-order chi connectivity index (χ0) is 18.5. The standard InChI is InChI=1S/C20H23N3O2S.ClH/c1-14-20(17-7-3-4-8-19(17)22(14)2)26(24,25)23-11-5-6-16-12-15(13-21)9-10-18(16)23;/h3-4,7-10,12H,5-6,11,13,21H2,1-2H3;1H. The summed E-state index contributed by atoms with van der Waals surface area (Å²) in [5.74, 6) is 0. The number of nitrogens with zero attached hydrogens (tertiary/aromatic N) is 2. The van der Waals surface area contributed by atoms with E-state index < -0.39 is 10.0 Å². The summed E-state index contributed by atoms with van der Waals surface area (Å²) in [4.78, 5) is 0.409. The molecule has 2 aromatic carbocycles. The molecule has 5 nitrogen and oxygen atoms in total. The van der Waals surface area contributed by atoms with Crippen LogP contribution in [0.25, 0.3) is 10.9 Å². The molecule has 0 radical (unpaired) electrons. The maximum Gasteiger partial charge on any atom is 0.266 e. The van der Waals surface area contributed by atoms with Gasteiger partial charge in [-0.25, -0.2) is 8.42 Å². The highest BCUT2D eigenvalue weighted by molar-refractivity contribution is 7.93. The first kappa shape index (κ1) is 19.7. The summed E-state index contributed by atoms with van der Waals surface area (Å²) in [5, 5.41) is 0.776. The van der Waals surface area contributed by atoms with Gasteiger partial charge in [0, 0.05) is 36.7 Å². The first-order valence-electron chi connectivity index (χ1n) is 8.84. The SMILES string of the molecule is Cc1c(S(=O)(=O)N2CCCc3cc(CN)ccc32)c2ccccc2n1C.Cl. The minimum Gasteiger partial charge on any atom is -0.347 e. The normalized spacial score (nSPS) is 14.1. The van der Waals surface area contributed by atoms with E-state index in [1.807, 2.05) is 61.0 Å². The fourth-order valence-electron chi connectivity index (χ4n) is 3.91. The Balaban J connectivity index is 0.00000210. The lowest BCUT2D eigenvalue weighted by molar-refractivity contribution is 0.586. The zero-order valence-electron chi connectivity index (χ0n) is 15.5. The second-order valence-corrected chi connectivity index (χ2v) is 8.64. The van der Waals surface area contributed by atoms with E-state index in [2.05, 4.69) is 0 Å². The summed E-state index contributed by atoms with van der Waals surface area (Å²) in [6.45, 7) is 2.83. The van der Waals surface area contributed by atoms with Crippen molar-refractivity contribution >= 4 is 39.0 Å². The second-order valence-electron chi connectivity index (χ2n) is 6.84. The molecule has 4 rings (SSSR count). The smallest absolute Gasteiger partial charge is 0.266 e. The second kappa shape index (κ2) is 7.19. The minimum atomic E-state index is -3.65. The van der Waals surface area contributed by atoms with Crippen LogP contribution in [0, 0.1) is 6.92 Å². The van der Waals surface area contributed by atoms with Gasteiger partial charge in [0.15, 0.2) is 0 Å². The highest BCUT2D eigenvalue weighted by Crippen LogP contribution is 2.37. The molecular formula is C20H24ClN3O2S. The van der Waals surface area contributed by atoms with Crippen molar-refractivity contribution in [2.45, 2.75) is 31.2 Å². The Labute approximate surface area is 166 Å². The van der Waals surface area contributed by atoms with E-state index in [-0.39, 0.29) is 12.4 Å².